The fourth-order valence-corrected chi connectivity index (χ4v) is 2.60. The van der Waals surface area contributed by atoms with Crippen molar-refractivity contribution in [3.63, 3.8) is 0 Å². The molecule has 0 amide bonds. The van der Waals surface area contributed by atoms with Gasteiger partial charge in [0.15, 0.2) is 0 Å². The van der Waals surface area contributed by atoms with Gasteiger partial charge in [-0.2, -0.15) is 0 Å². The minimum atomic E-state index is 0.0812. The van der Waals surface area contributed by atoms with Crippen LogP contribution in [-0.2, 0) is 9.59 Å². The average molecular weight is 348 g/mol. The minimum Gasteiger partial charge on any atom is -0.300 e. The van der Waals surface area contributed by atoms with Crippen molar-refractivity contribution in [2.24, 2.45) is 9.98 Å². The van der Waals surface area contributed by atoms with Crippen LogP contribution in [0.1, 0.15) is 37.8 Å². The Balaban J connectivity index is 2.12. The lowest BCUT2D eigenvalue weighted by molar-refractivity contribution is -0.116. The zero-order chi connectivity index (χ0) is 18.8. The number of hydrogen-bond acceptors (Lipinski definition) is 4. The number of nitrogens with zero attached hydrogens (tertiary/aromatic N) is 2. The van der Waals surface area contributed by atoms with E-state index in [0.29, 0.717) is 25.9 Å². The molecule has 0 heterocycles. The molecule has 0 N–H and O–H groups in total. The molecule has 26 heavy (non-hydrogen) atoms. The fourth-order valence-electron chi connectivity index (χ4n) is 2.60. The van der Waals surface area contributed by atoms with Crippen LogP contribution in [0.4, 0.5) is 0 Å². The van der Waals surface area contributed by atoms with Gasteiger partial charge in [0.25, 0.3) is 0 Å². The highest BCUT2D eigenvalue weighted by Gasteiger charge is 2.07. The number of carbonyl (C=O) groups excluding carboxylic acids is 2. The van der Waals surface area contributed by atoms with Crippen LogP contribution in [0.25, 0.3) is 0 Å². The molecule has 2 aromatic carbocycles. The second-order valence-corrected chi connectivity index (χ2v) is 6.15. The molecular formula is C22H24N2O2. The van der Waals surface area contributed by atoms with E-state index >= 15 is 0 Å². The first-order valence-corrected chi connectivity index (χ1v) is 8.72. The fraction of sp³-hybridized carbons (Fsp3) is 0.273. The maximum absolute atomic E-state index is 11.5. The molecular weight excluding hydrogens is 324 g/mol. The molecule has 0 aromatic heterocycles. The SMILES string of the molecule is CC(=O)CC(=NCCN=C(CC(C)=O)c1ccccc1)c1ccccc1. The standard InChI is InChI=1S/C22H24N2O2/c1-17(25)15-21(19-9-5-3-6-10-19)23-13-14-24-22(16-18(2)26)20-11-7-4-8-12-20/h3-12H,13-16H2,1-2H3. The molecule has 0 unspecified atom stereocenters. The Morgan fingerprint density at radius 3 is 1.31 bits per heavy atom. The molecule has 0 aliphatic carbocycles. The number of benzene rings is 2. The summed E-state index contributed by atoms with van der Waals surface area (Å²) < 4.78 is 0. The van der Waals surface area contributed by atoms with Crippen LogP contribution in [-0.4, -0.2) is 36.1 Å². The van der Waals surface area contributed by atoms with E-state index in [1.54, 1.807) is 13.8 Å². The van der Waals surface area contributed by atoms with Gasteiger partial charge < -0.3 is 0 Å². The summed E-state index contributed by atoms with van der Waals surface area (Å²) >= 11 is 0. The second-order valence-electron chi connectivity index (χ2n) is 6.15. The quantitative estimate of drug-likeness (QED) is 0.509. The number of rotatable bonds is 9. The highest BCUT2D eigenvalue weighted by molar-refractivity contribution is 6.11. The normalized spacial score (nSPS) is 12.1. The van der Waals surface area contributed by atoms with E-state index in [2.05, 4.69) is 9.98 Å². The third kappa shape index (κ3) is 6.55. The van der Waals surface area contributed by atoms with Crippen molar-refractivity contribution < 1.29 is 9.59 Å². The van der Waals surface area contributed by atoms with E-state index in [1.807, 2.05) is 60.7 Å². The Hall–Kier alpha value is -2.88. The summed E-state index contributed by atoms with van der Waals surface area (Å²) in [4.78, 5) is 32.2. The first-order chi connectivity index (χ1) is 12.6. The molecule has 2 aromatic rings. The summed E-state index contributed by atoms with van der Waals surface area (Å²) in [6, 6.07) is 19.4. The number of ketones is 2. The highest BCUT2D eigenvalue weighted by Crippen LogP contribution is 2.07. The molecule has 0 aliphatic heterocycles. The minimum absolute atomic E-state index is 0.0812. The summed E-state index contributed by atoms with van der Waals surface area (Å²) in [5, 5.41) is 0. The van der Waals surface area contributed by atoms with Crippen molar-refractivity contribution in [2.45, 2.75) is 26.7 Å². The molecule has 0 spiro atoms. The van der Waals surface area contributed by atoms with E-state index < -0.39 is 0 Å². The van der Waals surface area contributed by atoms with Crippen molar-refractivity contribution in [3.05, 3.63) is 71.8 Å². The van der Waals surface area contributed by atoms with E-state index in [0.717, 1.165) is 22.6 Å². The first-order valence-electron chi connectivity index (χ1n) is 8.72. The van der Waals surface area contributed by atoms with E-state index in [-0.39, 0.29) is 11.6 Å². The molecule has 0 saturated carbocycles. The Labute approximate surface area is 154 Å². The van der Waals surface area contributed by atoms with Crippen molar-refractivity contribution >= 4 is 23.0 Å². The average Bonchev–Trinajstić information content (AvgIpc) is 2.64. The predicted octanol–water partition coefficient (Wildman–Crippen LogP) is 3.92. The number of aliphatic imine (C=N–C) groups is 2. The number of Topliss-reactive ketones (excluding diaryl/α,β-unsaturated/α-hetero) is 2. The maximum Gasteiger partial charge on any atom is 0.135 e. The Morgan fingerprint density at radius 1 is 0.654 bits per heavy atom. The van der Waals surface area contributed by atoms with Crippen molar-refractivity contribution in [1.29, 1.82) is 0 Å². The topological polar surface area (TPSA) is 58.9 Å². The molecule has 0 aliphatic rings. The summed E-state index contributed by atoms with van der Waals surface area (Å²) in [5.74, 6) is 0.162. The molecule has 2 rings (SSSR count). The third-order valence-corrected chi connectivity index (χ3v) is 3.75. The van der Waals surface area contributed by atoms with Crippen LogP contribution in [0.15, 0.2) is 70.6 Å². The van der Waals surface area contributed by atoms with E-state index in [4.69, 9.17) is 0 Å². The van der Waals surface area contributed by atoms with Gasteiger partial charge in [0.2, 0.25) is 0 Å². The van der Waals surface area contributed by atoms with Crippen LogP contribution < -0.4 is 0 Å². The van der Waals surface area contributed by atoms with Gasteiger partial charge in [-0.1, -0.05) is 60.7 Å². The molecule has 4 nitrogen and oxygen atoms in total. The molecule has 0 fully saturated rings. The van der Waals surface area contributed by atoms with Crippen molar-refractivity contribution in [3.8, 4) is 0 Å². The van der Waals surface area contributed by atoms with E-state index in [9.17, 15) is 9.59 Å². The predicted molar refractivity (Wildman–Crippen MR) is 106 cm³/mol. The van der Waals surface area contributed by atoms with Crippen LogP contribution in [0.3, 0.4) is 0 Å². The number of hydrogen-bond donors (Lipinski definition) is 0. The molecule has 0 radical (unpaired) electrons. The van der Waals surface area contributed by atoms with Crippen LogP contribution in [0.2, 0.25) is 0 Å². The van der Waals surface area contributed by atoms with E-state index in [1.165, 1.54) is 0 Å². The van der Waals surface area contributed by atoms with Gasteiger partial charge in [0, 0.05) is 24.3 Å². The Kier molecular flexibility index (Phi) is 7.62. The van der Waals surface area contributed by atoms with Crippen molar-refractivity contribution in [2.75, 3.05) is 13.1 Å². The van der Waals surface area contributed by atoms with Crippen LogP contribution >= 0.6 is 0 Å². The Bertz CT molecular complexity index is 724. The zero-order valence-electron chi connectivity index (χ0n) is 15.3. The lowest BCUT2D eigenvalue weighted by atomic mass is 10.1. The van der Waals surface area contributed by atoms with Gasteiger partial charge in [-0.15, -0.1) is 0 Å². The molecule has 0 atom stereocenters. The third-order valence-electron chi connectivity index (χ3n) is 3.75. The zero-order valence-corrected chi connectivity index (χ0v) is 15.3. The van der Waals surface area contributed by atoms with Crippen LogP contribution in [0.5, 0.6) is 0 Å². The summed E-state index contributed by atoms with van der Waals surface area (Å²) in [7, 11) is 0. The molecule has 4 heteroatoms. The lowest BCUT2D eigenvalue weighted by Gasteiger charge is -2.06. The van der Waals surface area contributed by atoms with Gasteiger partial charge in [0.05, 0.1) is 13.1 Å². The monoisotopic (exact) mass is 348 g/mol. The summed E-state index contributed by atoms with van der Waals surface area (Å²) in [6.45, 7) is 4.09. The van der Waals surface area contributed by atoms with Gasteiger partial charge in [-0.3, -0.25) is 19.6 Å². The highest BCUT2D eigenvalue weighted by atomic mass is 16.1. The first kappa shape index (κ1) is 19.4. The van der Waals surface area contributed by atoms with Crippen LogP contribution in [0, 0.1) is 0 Å². The lowest BCUT2D eigenvalue weighted by Crippen LogP contribution is -2.10. The smallest absolute Gasteiger partial charge is 0.135 e. The van der Waals surface area contributed by atoms with Gasteiger partial charge >= 0.3 is 0 Å². The maximum atomic E-state index is 11.5. The summed E-state index contributed by atoms with van der Waals surface area (Å²) in [5.41, 5.74) is 3.47. The summed E-state index contributed by atoms with van der Waals surface area (Å²) in [6.07, 6.45) is 0.624. The molecule has 0 bridgehead atoms. The van der Waals surface area contributed by atoms with Gasteiger partial charge in [-0.25, -0.2) is 0 Å². The molecule has 0 saturated heterocycles. The largest absolute Gasteiger partial charge is 0.300 e. The van der Waals surface area contributed by atoms with Gasteiger partial charge in [-0.05, 0) is 25.0 Å². The van der Waals surface area contributed by atoms with Crippen molar-refractivity contribution in [1.82, 2.24) is 0 Å². The second kappa shape index (κ2) is 10.2. The number of carbonyl (C=O) groups is 2. The molecule has 134 valence electrons. The Morgan fingerprint density at radius 2 is 1.00 bits per heavy atom. The van der Waals surface area contributed by atoms with Gasteiger partial charge in [0.1, 0.15) is 11.6 Å².